The number of aliphatic imine (C=N–C) groups is 1. The monoisotopic (exact) mass is 484 g/mol. The van der Waals surface area contributed by atoms with Crippen molar-refractivity contribution in [3.05, 3.63) is 71.5 Å². The van der Waals surface area contributed by atoms with Crippen LogP contribution in [0.15, 0.2) is 59.6 Å². The van der Waals surface area contributed by atoms with E-state index in [0.29, 0.717) is 32.0 Å². The Balaban J connectivity index is 0.00000364. The standard InChI is InChI=1S/C20H25FN4O.HI/c1-22-20(23-13-11-16-7-9-18(21)10-8-16)24-14-12-19(26)25-15-17-5-3-2-4-6-17;/h2-10H,11-15H2,1H3,(H,25,26)(H2,22,23,24);1H. The number of amides is 1. The van der Waals surface area contributed by atoms with Crippen molar-refractivity contribution in [1.82, 2.24) is 16.0 Å². The number of benzene rings is 2. The Hall–Kier alpha value is -2.16. The van der Waals surface area contributed by atoms with Crippen LogP contribution < -0.4 is 16.0 Å². The molecule has 0 aromatic heterocycles. The maximum Gasteiger partial charge on any atom is 0.222 e. The van der Waals surface area contributed by atoms with E-state index in [1.54, 1.807) is 19.2 Å². The third-order valence-electron chi connectivity index (χ3n) is 3.82. The van der Waals surface area contributed by atoms with Crippen LogP contribution in [0, 0.1) is 5.82 Å². The molecule has 0 radical (unpaired) electrons. The van der Waals surface area contributed by atoms with Gasteiger partial charge in [0.25, 0.3) is 0 Å². The number of halogens is 2. The Morgan fingerprint density at radius 2 is 1.59 bits per heavy atom. The van der Waals surface area contributed by atoms with Crippen LogP contribution in [0.25, 0.3) is 0 Å². The highest BCUT2D eigenvalue weighted by Crippen LogP contribution is 2.02. The maximum absolute atomic E-state index is 12.9. The Morgan fingerprint density at radius 1 is 0.926 bits per heavy atom. The first-order valence-corrected chi connectivity index (χ1v) is 8.67. The first-order chi connectivity index (χ1) is 12.7. The zero-order chi connectivity index (χ0) is 18.6. The molecule has 2 aromatic carbocycles. The third-order valence-corrected chi connectivity index (χ3v) is 3.82. The topological polar surface area (TPSA) is 65.5 Å². The average Bonchev–Trinajstić information content (AvgIpc) is 2.67. The number of hydrogen-bond acceptors (Lipinski definition) is 2. The minimum absolute atomic E-state index is 0. The van der Waals surface area contributed by atoms with Crippen molar-refractivity contribution in [3.63, 3.8) is 0 Å². The number of nitrogens with one attached hydrogen (secondary N) is 3. The summed E-state index contributed by atoms with van der Waals surface area (Å²) in [6, 6.07) is 16.2. The van der Waals surface area contributed by atoms with Crippen molar-refractivity contribution in [3.8, 4) is 0 Å². The van der Waals surface area contributed by atoms with Crippen LogP contribution in [-0.4, -0.2) is 32.0 Å². The Bertz CT molecular complexity index is 708. The van der Waals surface area contributed by atoms with Crippen LogP contribution in [0.4, 0.5) is 4.39 Å². The lowest BCUT2D eigenvalue weighted by Gasteiger charge is -2.12. The van der Waals surface area contributed by atoms with E-state index in [-0.39, 0.29) is 35.7 Å². The van der Waals surface area contributed by atoms with Crippen LogP contribution in [-0.2, 0) is 17.8 Å². The van der Waals surface area contributed by atoms with Crippen molar-refractivity contribution in [2.24, 2.45) is 4.99 Å². The van der Waals surface area contributed by atoms with E-state index in [9.17, 15) is 9.18 Å². The largest absolute Gasteiger partial charge is 0.356 e. The van der Waals surface area contributed by atoms with Gasteiger partial charge in [-0.2, -0.15) is 0 Å². The number of carbonyl (C=O) groups is 1. The van der Waals surface area contributed by atoms with E-state index in [1.807, 2.05) is 30.3 Å². The molecule has 0 aliphatic rings. The van der Waals surface area contributed by atoms with Crippen LogP contribution in [0.2, 0.25) is 0 Å². The van der Waals surface area contributed by atoms with Crippen molar-refractivity contribution in [1.29, 1.82) is 0 Å². The van der Waals surface area contributed by atoms with E-state index < -0.39 is 0 Å². The second kappa shape index (κ2) is 13.1. The highest BCUT2D eigenvalue weighted by atomic mass is 127. The highest BCUT2D eigenvalue weighted by Gasteiger charge is 2.03. The molecule has 0 aliphatic heterocycles. The smallest absolute Gasteiger partial charge is 0.222 e. The molecule has 0 unspecified atom stereocenters. The fraction of sp³-hybridized carbons (Fsp3) is 0.300. The number of guanidine groups is 1. The van der Waals surface area contributed by atoms with Gasteiger partial charge in [0.2, 0.25) is 5.91 Å². The zero-order valence-electron chi connectivity index (χ0n) is 15.4. The van der Waals surface area contributed by atoms with Gasteiger partial charge in [0, 0.05) is 33.1 Å². The van der Waals surface area contributed by atoms with Gasteiger partial charge in [-0.15, -0.1) is 24.0 Å². The Morgan fingerprint density at radius 3 is 2.26 bits per heavy atom. The summed E-state index contributed by atoms with van der Waals surface area (Å²) >= 11 is 0. The molecule has 0 spiro atoms. The molecule has 27 heavy (non-hydrogen) atoms. The van der Waals surface area contributed by atoms with Crippen LogP contribution in [0.5, 0.6) is 0 Å². The molecule has 2 rings (SSSR count). The van der Waals surface area contributed by atoms with Crippen molar-refractivity contribution >= 4 is 35.8 Å². The van der Waals surface area contributed by atoms with E-state index in [2.05, 4.69) is 20.9 Å². The molecular weight excluding hydrogens is 458 g/mol. The fourth-order valence-electron chi connectivity index (χ4n) is 2.38. The van der Waals surface area contributed by atoms with E-state index in [1.165, 1.54) is 12.1 Å². The number of nitrogens with zero attached hydrogens (tertiary/aromatic N) is 1. The lowest BCUT2D eigenvalue weighted by Crippen LogP contribution is -2.40. The molecule has 0 saturated carbocycles. The molecule has 0 aliphatic carbocycles. The van der Waals surface area contributed by atoms with Gasteiger partial charge in [0.1, 0.15) is 5.82 Å². The van der Waals surface area contributed by atoms with Gasteiger partial charge in [-0.3, -0.25) is 9.79 Å². The molecule has 0 fully saturated rings. The quantitative estimate of drug-likeness (QED) is 0.307. The van der Waals surface area contributed by atoms with Crippen molar-refractivity contribution in [2.75, 3.05) is 20.1 Å². The van der Waals surface area contributed by atoms with E-state index in [4.69, 9.17) is 0 Å². The van der Waals surface area contributed by atoms with Gasteiger partial charge >= 0.3 is 0 Å². The van der Waals surface area contributed by atoms with Gasteiger partial charge in [0.15, 0.2) is 5.96 Å². The van der Waals surface area contributed by atoms with Gasteiger partial charge < -0.3 is 16.0 Å². The minimum atomic E-state index is -0.232. The number of carbonyl (C=O) groups excluding carboxylic acids is 1. The molecule has 0 atom stereocenters. The summed E-state index contributed by atoms with van der Waals surface area (Å²) in [5.74, 6) is 0.399. The summed E-state index contributed by atoms with van der Waals surface area (Å²) in [6.07, 6.45) is 1.13. The minimum Gasteiger partial charge on any atom is -0.356 e. The Kier molecular flexibility index (Phi) is 11.1. The number of hydrogen-bond donors (Lipinski definition) is 3. The SMILES string of the molecule is CN=C(NCCC(=O)NCc1ccccc1)NCCc1ccc(F)cc1.I. The van der Waals surface area contributed by atoms with E-state index >= 15 is 0 Å². The van der Waals surface area contributed by atoms with Crippen LogP contribution >= 0.6 is 24.0 Å². The molecule has 7 heteroatoms. The lowest BCUT2D eigenvalue weighted by atomic mass is 10.1. The molecular formula is C20H26FIN4O. The molecule has 2 aromatic rings. The molecule has 0 saturated heterocycles. The maximum atomic E-state index is 12.9. The second-order valence-corrected chi connectivity index (χ2v) is 5.81. The van der Waals surface area contributed by atoms with Gasteiger partial charge in [-0.05, 0) is 29.7 Å². The van der Waals surface area contributed by atoms with Gasteiger partial charge in [0.05, 0.1) is 0 Å². The summed E-state index contributed by atoms with van der Waals surface area (Å²) in [4.78, 5) is 16.0. The molecule has 0 bridgehead atoms. The molecule has 0 heterocycles. The molecule has 5 nitrogen and oxygen atoms in total. The summed E-state index contributed by atoms with van der Waals surface area (Å²) in [5.41, 5.74) is 2.13. The predicted octanol–water partition coefficient (Wildman–Crippen LogP) is 2.86. The summed E-state index contributed by atoms with van der Waals surface area (Å²) < 4.78 is 12.9. The van der Waals surface area contributed by atoms with Crippen LogP contribution in [0.1, 0.15) is 17.5 Å². The van der Waals surface area contributed by atoms with Crippen LogP contribution in [0.3, 0.4) is 0 Å². The predicted molar refractivity (Wildman–Crippen MR) is 118 cm³/mol. The average molecular weight is 484 g/mol. The zero-order valence-corrected chi connectivity index (χ0v) is 17.7. The summed E-state index contributed by atoms with van der Waals surface area (Å²) in [6.45, 7) is 1.70. The summed E-state index contributed by atoms with van der Waals surface area (Å²) in [5, 5.41) is 9.18. The first-order valence-electron chi connectivity index (χ1n) is 8.67. The lowest BCUT2D eigenvalue weighted by molar-refractivity contribution is -0.121. The second-order valence-electron chi connectivity index (χ2n) is 5.81. The normalized spacial score (nSPS) is 10.7. The van der Waals surface area contributed by atoms with Crippen molar-refractivity contribution < 1.29 is 9.18 Å². The summed E-state index contributed by atoms with van der Waals surface area (Å²) in [7, 11) is 1.68. The van der Waals surface area contributed by atoms with Gasteiger partial charge in [-0.25, -0.2) is 4.39 Å². The molecule has 1 amide bonds. The Labute approximate surface area is 176 Å². The first kappa shape index (κ1) is 22.9. The molecule has 146 valence electrons. The van der Waals surface area contributed by atoms with Crippen molar-refractivity contribution in [2.45, 2.75) is 19.4 Å². The number of rotatable bonds is 8. The third kappa shape index (κ3) is 9.37. The highest BCUT2D eigenvalue weighted by molar-refractivity contribution is 14.0. The van der Waals surface area contributed by atoms with E-state index in [0.717, 1.165) is 17.5 Å². The fourth-order valence-corrected chi connectivity index (χ4v) is 2.38. The molecule has 3 N–H and O–H groups in total. The van der Waals surface area contributed by atoms with Gasteiger partial charge in [-0.1, -0.05) is 42.5 Å².